The minimum Gasteiger partial charge on any atom is -0.361 e. The van der Waals surface area contributed by atoms with Crippen LogP contribution in [0, 0.1) is 19.8 Å². The van der Waals surface area contributed by atoms with Crippen molar-refractivity contribution in [2.75, 3.05) is 13.1 Å². The lowest BCUT2D eigenvalue weighted by Crippen LogP contribution is -2.40. The van der Waals surface area contributed by atoms with Crippen molar-refractivity contribution in [3.05, 3.63) is 45.7 Å². The monoisotopic (exact) mass is 316 g/mol. The molecule has 3 rings (SSSR count). The van der Waals surface area contributed by atoms with Gasteiger partial charge in [0.25, 0.3) is 11.5 Å². The zero-order chi connectivity index (χ0) is 16.4. The number of amides is 1. The lowest BCUT2D eigenvalue weighted by Gasteiger charge is -2.31. The second-order valence-electron chi connectivity index (χ2n) is 6.05. The fraction of sp³-hybridized carbons (Fsp3) is 0.500. The van der Waals surface area contributed by atoms with Crippen molar-refractivity contribution in [2.45, 2.75) is 33.2 Å². The van der Waals surface area contributed by atoms with E-state index < -0.39 is 0 Å². The van der Waals surface area contributed by atoms with E-state index in [1.807, 2.05) is 6.92 Å². The molecule has 0 bridgehead atoms. The van der Waals surface area contributed by atoms with Crippen LogP contribution < -0.4 is 5.56 Å². The molecule has 7 nitrogen and oxygen atoms in total. The van der Waals surface area contributed by atoms with Gasteiger partial charge in [-0.3, -0.25) is 9.59 Å². The summed E-state index contributed by atoms with van der Waals surface area (Å²) in [5.41, 5.74) is 1.11. The maximum absolute atomic E-state index is 12.3. The fourth-order valence-electron chi connectivity index (χ4n) is 2.87. The first-order chi connectivity index (χ1) is 11.0. The molecule has 0 N–H and O–H groups in total. The number of hydrogen-bond donors (Lipinski definition) is 0. The van der Waals surface area contributed by atoms with Crippen LogP contribution in [-0.2, 0) is 6.54 Å². The van der Waals surface area contributed by atoms with Crippen LogP contribution in [-0.4, -0.2) is 38.8 Å². The van der Waals surface area contributed by atoms with Crippen molar-refractivity contribution < 1.29 is 9.32 Å². The Kier molecular flexibility index (Phi) is 4.27. The van der Waals surface area contributed by atoms with E-state index in [2.05, 4.69) is 10.3 Å². The molecule has 0 aromatic carbocycles. The number of nitrogens with zero attached hydrogens (tertiary/aromatic N) is 4. The number of aromatic nitrogens is 3. The fourth-order valence-corrected chi connectivity index (χ4v) is 2.87. The molecule has 23 heavy (non-hydrogen) atoms. The summed E-state index contributed by atoms with van der Waals surface area (Å²) < 4.78 is 6.48. The van der Waals surface area contributed by atoms with E-state index in [0.29, 0.717) is 37.0 Å². The Balaban J connectivity index is 1.59. The van der Waals surface area contributed by atoms with Gasteiger partial charge >= 0.3 is 0 Å². The second kappa shape index (κ2) is 6.36. The summed E-state index contributed by atoms with van der Waals surface area (Å²) >= 11 is 0. The number of hydrogen-bond acceptors (Lipinski definition) is 5. The summed E-state index contributed by atoms with van der Waals surface area (Å²) in [6.07, 6.45) is 1.70. The molecule has 1 fully saturated rings. The normalized spacial score (nSPS) is 15.8. The average molecular weight is 316 g/mol. The van der Waals surface area contributed by atoms with Crippen LogP contribution in [0.3, 0.4) is 0 Å². The third kappa shape index (κ3) is 3.49. The van der Waals surface area contributed by atoms with Gasteiger partial charge in [-0.1, -0.05) is 5.16 Å². The van der Waals surface area contributed by atoms with Gasteiger partial charge in [0.15, 0.2) is 5.69 Å². The van der Waals surface area contributed by atoms with Gasteiger partial charge in [-0.05, 0) is 38.7 Å². The van der Waals surface area contributed by atoms with E-state index >= 15 is 0 Å². The standard InChI is InChI=1S/C16H20N4O3/c1-11-3-4-15(21)20(17-11)10-13-5-7-19(8-6-13)16(22)14-9-12(2)23-18-14/h3-4,9,13H,5-8,10H2,1-2H3. The van der Waals surface area contributed by atoms with E-state index in [0.717, 1.165) is 18.5 Å². The highest BCUT2D eigenvalue weighted by atomic mass is 16.5. The zero-order valence-electron chi connectivity index (χ0n) is 13.4. The lowest BCUT2D eigenvalue weighted by molar-refractivity contribution is 0.0670. The van der Waals surface area contributed by atoms with Crippen molar-refractivity contribution in [3.63, 3.8) is 0 Å². The summed E-state index contributed by atoms with van der Waals surface area (Å²) in [6, 6.07) is 4.93. The Morgan fingerprint density at radius 1 is 1.30 bits per heavy atom. The van der Waals surface area contributed by atoms with Crippen LogP contribution in [0.1, 0.15) is 34.8 Å². The lowest BCUT2D eigenvalue weighted by atomic mass is 9.96. The van der Waals surface area contributed by atoms with Gasteiger partial charge in [0.05, 0.1) is 5.69 Å². The van der Waals surface area contributed by atoms with Crippen molar-refractivity contribution in [1.29, 1.82) is 0 Å². The predicted molar refractivity (Wildman–Crippen MR) is 83.1 cm³/mol. The molecule has 2 aromatic heterocycles. The molecule has 1 aliphatic heterocycles. The molecule has 1 saturated heterocycles. The van der Waals surface area contributed by atoms with Gasteiger partial charge in [0.1, 0.15) is 5.76 Å². The minimum absolute atomic E-state index is 0.0767. The Morgan fingerprint density at radius 2 is 2.04 bits per heavy atom. The minimum atomic E-state index is -0.0915. The summed E-state index contributed by atoms with van der Waals surface area (Å²) in [6.45, 7) is 5.57. The molecule has 1 amide bonds. The molecule has 7 heteroatoms. The Labute approximate surface area is 133 Å². The van der Waals surface area contributed by atoms with Crippen LogP contribution >= 0.6 is 0 Å². The van der Waals surface area contributed by atoms with Crippen LogP contribution in [0.2, 0.25) is 0 Å². The maximum Gasteiger partial charge on any atom is 0.276 e. The van der Waals surface area contributed by atoms with E-state index in [1.54, 1.807) is 30.0 Å². The Hall–Kier alpha value is -2.44. The third-order valence-corrected chi connectivity index (χ3v) is 4.18. The molecule has 3 heterocycles. The number of likely N-dealkylation sites (tertiary alicyclic amines) is 1. The molecule has 122 valence electrons. The highest BCUT2D eigenvalue weighted by Gasteiger charge is 2.25. The SMILES string of the molecule is Cc1ccc(=O)n(CC2CCN(C(=O)c3cc(C)on3)CC2)n1. The van der Waals surface area contributed by atoms with Gasteiger partial charge in [0, 0.05) is 31.8 Å². The van der Waals surface area contributed by atoms with Crippen molar-refractivity contribution >= 4 is 5.91 Å². The van der Waals surface area contributed by atoms with Gasteiger partial charge in [-0.2, -0.15) is 5.10 Å². The number of carbonyl (C=O) groups excluding carboxylic acids is 1. The molecule has 0 unspecified atom stereocenters. The zero-order valence-corrected chi connectivity index (χ0v) is 13.4. The first kappa shape index (κ1) is 15.5. The van der Waals surface area contributed by atoms with Crippen molar-refractivity contribution in [2.24, 2.45) is 5.92 Å². The van der Waals surface area contributed by atoms with Gasteiger partial charge < -0.3 is 9.42 Å². The summed E-state index contributed by atoms with van der Waals surface area (Å²) in [7, 11) is 0. The van der Waals surface area contributed by atoms with Crippen LogP contribution in [0.4, 0.5) is 0 Å². The Morgan fingerprint density at radius 3 is 2.70 bits per heavy atom. The molecule has 0 saturated carbocycles. The molecular weight excluding hydrogens is 296 g/mol. The van der Waals surface area contributed by atoms with Crippen LogP contribution in [0.25, 0.3) is 0 Å². The molecular formula is C16H20N4O3. The van der Waals surface area contributed by atoms with E-state index in [-0.39, 0.29) is 11.5 Å². The first-order valence-electron chi connectivity index (χ1n) is 7.80. The van der Waals surface area contributed by atoms with Gasteiger partial charge in [-0.15, -0.1) is 0 Å². The Bertz CT molecular complexity index is 757. The van der Waals surface area contributed by atoms with Gasteiger partial charge in [-0.25, -0.2) is 4.68 Å². The summed E-state index contributed by atoms with van der Waals surface area (Å²) in [5.74, 6) is 0.893. The highest BCUT2D eigenvalue weighted by Crippen LogP contribution is 2.20. The quantitative estimate of drug-likeness (QED) is 0.855. The summed E-state index contributed by atoms with van der Waals surface area (Å²) in [5, 5.41) is 8.05. The predicted octanol–water partition coefficient (Wildman–Crippen LogP) is 1.40. The molecule has 0 spiro atoms. The average Bonchev–Trinajstić information content (AvgIpc) is 2.97. The third-order valence-electron chi connectivity index (χ3n) is 4.18. The molecule has 2 aromatic rings. The number of piperidine rings is 1. The van der Waals surface area contributed by atoms with Gasteiger partial charge in [0.2, 0.25) is 0 Å². The van der Waals surface area contributed by atoms with Crippen LogP contribution in [0.5, 0.6) is 0 Å². The summed E-state index contributed by atoms with van der Waals surface area (Å²) in [4.78, 5) is 25.9. The van der Waals surface area contributed by atoms with E-state index in [1.165, 1.54) is 4.68 Å². The van der Waals surface area contributed by atoms with Crippen molar-refractivity contribution in [3.8, 4) is 0 Å². The number of aryl methyl sites for hydroxylation is 2. The molecule has 0 radical (unpaired) electrons. The molecule has 0 atom stereocenters. The van der Waals surface area contributed by atoms with E-state index in [4.69, 9.17) is 4.52 Å². The highest BCUT2D eigenvalue weighted by molar-refractivity contribution is 5.92. The van der Waals surface area contributed by atoms with Crippen LogP contribution in [0.15, 0.2) is 27.5 Å². The molecule has 0 aliphatic carbocycles. The first-order valence-corrected chi connectivity index (χ1v) is 7.80. The maximum atomic E-state index is 12.3. The molecule has 1 aliphatic rings. The van der Waals surface area contributed by atoms with Crippen molar-refractivity contribution in [1.82, 2.24) is 19.8 Å². The largest absolute Gasteiger partial charge is 0.361 e. The number of carbonyl (C=O) groups is 1. The smallest absolute Gasteiger partial charge is 0.276 e. The number of rotatable bonds is 3. The topological polar surface area (TPSA) is 81.2 Å². The second-order valence-corrected chi connectivity index (χ2v) is 6.05. The van der Waals surface area contributed by atoms with E-state index in [9.17, 15) is 9.59 Å².